The van der Waals surface area contributed by atoms with E-state index >= 15 is 0 Å². The molecule has 1 aromatic rings. The molecular formula is C17H20ClN3O2. The summed E-state index contributed by atoms with van der Waals surface area (Å²) in [7, 11) is 0. The minimum atomic E-state index is -0.486. The van der Waals surface area contributed by atoms with Crippen molar-refractivity contribution in [2.24, 2.45) is 5.41 Å². The predicted molar refractivity (Wildman–Crippen MR) is 89.7 cm³/mol. The topological polar surface area (TPSA) is 71.4 Å². The first-order chi connectivity index (χ1) is 10.8. The first kappa shape index (κ1) is 15.9. The highest BCUT2D eigenvalue weighted by molar-refractivity contribution is 6.30. The molecule has 1 atom stereocenters. The molecule has 23 heavy (non-hydrogen) atoms. The average Bonchev–Trinajstić information content (AvgIpc) is 3.14. The Balaban J connectivity index is 1.76. The number of hydrogen-bond acceptors (Lipinski definition) is 3. The normalized spacial score (nSPS) is 20.6. The fraction of sp³-hybridized carbons (Fsp3) is 0.412. The third-order valence-electron chi connectivity index (χ3n) is 4.06. The largest absolute Gasteiger partial charge is 0.340 e. The fourth-order valence-electron chi connectivity index (χ4n) is 2.81. The maximum Gasteiger partial charge on any atom is 0.248 e. The summed E-state index contributed by atoms with van der Waals surface area (Å²) in [5.74, 6) is 0.562. The van der Waals surface area contributed by atoms with Gasteiger partial charge in [0.25, 0.3) is 0 Å². The lowest BCUT2D eigenvalue weighted by Crippen LogP contribution is -2.44. The van der Waals surface area contributed by atoms with Gasteiger partial charge in [-0.3, -0.25) is 14.5 Å². The van der Waals surface area contributed by atoms with Crippen LogP contribution in [0, 0.1) is 5.41 Å². The van der Waals surface area contributed by atoms with Crippen LogP contribution in [-0.2, 0) is 9.59 Å². The summed E-state index contributed by atoms with van der Waals surface area (Å²) in [6.45, 7) is 6.23. The molecule has 0 saturated carbocycles. The van der Waals surface area contributed by atoms with Crippen molar-refractivity contribution in [2.45, 2.75) is 39.7 Å². The van der Waals surface area contributed by atoms with Gasteiger partial charge in [0.1, 0.15) is 11.9 Å². The average molecular weight is 334 g/mol. The van der Waals surface area contributed by atoms with Crippen molar-refractivity contribution in [1.29, 1.82) is 0 Å². The Morgan fingerprint density at radius 3 is 2.52 bits per heavy atom. The molecule has 0 radical (unpaired) electrons. The van der Waals surface area contributed by atoms with Crippen molar-refractivity contribution >= 4 is 29.1 Å². The first-order valence-corrected chi connectivity index (χ1v) is 8.05. The second-order valence-electron chi connectivity index (χ2n) is 6.91. The number of nitrogens with one attached hydrogen (secondary N) is 2. The zero-order valence-corrected chi connectivity index (χ0v) is 14.2. The zero-order chi connectivity index (χ0) is 16.8. The van der Waals surface area contributed by atoms with E-state index in [2.05, 4.69) is 31.4 Å². The molecule has 1 saturated heterocycles. The van der Waals surface area contributed by atoms with Gasteiger partial charge in [0, 0.05) is 22.5 Å². The molecule has 0 spiro atoms. The monoisotopic (exact) mass is 333 g/mol. The summed E-state index contributed by atoms with van der Waals surface area (Å²) in [5.41, 5.74) is 1.71. The van der Waals surface area contributed by atoms with Crippen molar-refractivity contribution in [2.75, 3.05) is 4.90 Å². The highest BCUT2D eigenvalue weighted by atomic mass is 35.5. The van der Waals surface area contributed by atoms with Crippen LogP contribution < -0.4 is 15.5 Å². The van der Waals surface area contributed by atoms with Gasteiger partial charge >= 0.3 is 0 Å². The summed E-state index contributed by atoms with van der Waals surface area (Å²) in [6.07, 6.45) is 0.894. The smallest absolute Gasteiger partial charge is 0.248 e. The first-order valence-electron chi connectivity index (χ1n) is 7.67. The molecular weight excluding hydrogens is 314 g/mol. The number of allylic oxidation sites excluding steroid dienone is 1. The van der Waals surface area contributed by atoms with Gasteiger partial charge in [0.2, 0.25) is 11.8 Å². The molecule has 122 valence electrons. The van der Waals surface area contributed by atoms with Crippen molar-refractivity contribution in [3.8, 4) is 0 Å². The van der Waals surface area contributed by atoms with Gasteiger partial charge in [0.15, 0.2) is 0 Å². The van der Waals surface area contributed by atoms with Crippen molar-refractivity contribution in [3.63, 3.8) is 0 Å². The van der Waals surface area contributed by atoms with E-state index < -0.39 is 6.04 Å². The number of nitrogens with zero attached hydrogens (tertiary/aromatic N) is 1. The summed E-state index contributed by atoms with van der Waals surface area (Å²) < 4.78 is 0. The zero-order valence-electron chi connectivity index (χ0n) is 13.4. The quantitative estimate of drug-likeness (QED) is 0.893. The Morgan fingerprint density at radius 1 is 1.30 bits per heavy atom. The molecule has 5 nitrogen and oxygen atoms in total. The van der Waals surface area contributed by atoms with E-state index in [9.17, 15) is 9.59 Å². The Morgan fingerprint density at radius 2 is 1.96 bits per heavy atom. The second kappa shape index (κ2) is 5.57. The molecule has 2 aliphatic rings. The van der Waals surface area contributed by atoms with E-state index in [4.69, 9.17) is 11.6 Å². The minimum absolute atomic E-state index is 0.0238. The highest BCUT2D eigenvalue weighted by Gasteiger charge is 2.40. The lowest BCUT2D eigenvalue weighted by molar-refractivity contribution is -0.123. The molecule has 1 aromatic carbocycles. The number of carbonyl (C=O) groups excluding carboxylic acids is 2. The van der Waals surface area contributed by atoms with Crippen molar-refractivity contribution < 1.29 is 9.59 Å². The van der Waals surface area contributed by atoms with Crippen LogP contribution in [0.4, 0.5) is 5.69 Å². The summed E-state index contributed by atoms with van der Waals surface area (Å²) in [6, 6.07) is 6.49. The van der Waals surface area contributed by atoms with Crippen LogP contribution >= 0.6 is 11.6 Å². The minimum Gasteiger partial charge on any atom is -0.340 e. The Labute approximate surface area is 140 Å². The Bertz CT molecular complexity index is 689. The Hall–Kier alpha value is -2.01. The van der Waals surface area contributed by atoms with E-state index in [1.54, 1.807) is 29.2 Å². The van der Waals surface area contributed by atoms with Crippen LogP contribution in [0.25, 0.3) is 0 Å². The van der Waals surface area contributed by atoms with Crippen LogP contribution in [0.15, 0.2) is 35.8 Å². The van der Waals surface area contributed by atoms with Gasteiger partial charge in [0.05, 0.1) is 5.70 Å². The molecule has 1 unspecified atom stereocenters. The van der Waals surface area contributed by atoms with Gasteiger partial charge < -0.3 is 10.6 Å². The molecule has 0 aliphatic carbocycles. The van der Waals surface area contributed by atoms with Gasteiger partial charge in [-0.05, 0) is 30.7 Å². The number of benzene rings is 1. The number of amides is 2. The predicted octanol–water partition coefficient (Wildman–Crippen LogP) is 2.77. The third-order valence-corrected chi connectivity index (χ3v) is 4.31. The van der Waals surface area contributed by atoms with Gasteiger partial charge in [-0.1, -0.05) is 32.4 Å². The SMILES string of the molecule is CC(C)(C)C1=C(NC(=O)C2CCC(=O)N2c2ccc(Cl)cc2)N1. The molecule has 0 bridgehead atoms. The standard InChI is InChI=1S/C17H20ClN3O2/c1-17(2,3)14-15(19-14)20-16(23)12-8-9-13(22)21(12)11-6-4-10(18)5-7-11/h4-7,12,19H,8-9H2,1-3H3,(H,20,23). The second-order valence-corrected chi connectivity index (χ2v) is 7.35. The van der Waals surface area contributed by atoms with Crippen LogP contribution in [-0.4, -0.2) is 17.9 Å². The van der Waals surface area contributed by atoms with Crippen LogP contribution in [0.3, 0.4) is 0 Å². The van der Waals surface area contributed by atoms with E-state index in [1.807, 2.05) is 0 Å². The van der Waals surface area contributed by atoms with E-state index in [1.165, 1.54) is 0 Å². The van der Waals surface area contributed by atoms with Crippen LogP contribution in [0.2, 0.25) is 5.02 Å². The number of halogens is 1. The molecule has 0 aromatic heterocycles. The summed E-state index contributed by atoms with van der Waals surface area (Å²) in [5, 5.41) is 6.61. The van der Waals surface area contributed by atoms with Gasteiger partial charge in [-0.15, -0.1) is 0 Å². The number of rotatable bonds is 3. The molecule has 2 amide bonds. The maximum absolute atomic E-state index is 12.6. The molecule has 3 rings (SSSR count). The summed E-state index contributed by atoms with van der Waals surface area (Å²) >= 11 is 5.89. The molecule has 2 N–H and O–H groups in total. The Kier molecular flexibility index (Phi) is 3.84. The fourth-order valence-corrected chi connectivity index (χ4v) is 2.94. The number of anilines is 1. The van der Waals surface area contributed by atoms with Crippen LogP contribution in [0.1, 0.15) is 33.6 Å². The van der Waals surface area contributed by atoms with Crippen molar-refractivity contribution in [3.05, 3.63) is 40.8 Å². The van der Waals surface area contributed by atoms with E-state index in [-0.39, 0.29) is 17.2 Å². The van der Waals surface area contributed by atoms with Gasteiger partial charge in [-0.2, -0.15) is 0 Å². The highest BCUT2D eigenvalue weighted by Crippen LogP contribution is 2.33. The van der Waals surface area contributed by atoms with E-state index in [0.29, 0.717) is 23.6 Å². The van der Waals surface area contributed by atoms with E-state index in [0.717, 1.165) is 11.5 Å². The maximum atomic E-state index is 12.6. The number of hydrogen-bond donors (Lipinski definition) is 2. The van der Waals surface area contributed by atoms with Gasteiger partial charge in [-0.25, -0.2) is 0 Å². The van der Waals surface area contributed by atoms with Crippen LogP contribution in [0.5, 0.6) is 0 Å². The molecule has 2 aliphatic heterocycles. The molecule has 1 fully saturated rings. The molecule has 2 heterocycles. The van der Waals surface area contributed by atoms with Crippen molar-refractivity contribution in [1.82, 2.24) is 10.6 Å². The lowest BCUT2D eigenvalue weighted by Gasteiger charge is -2.23. The third kappa shape index (κ3) is 3.20. The lowest BCUT2D eigenvalue weighted by atomic mass is 9.95. The molecule has 6 heteroatoms. The summed E-state index contributed by atoms with van der Waals surface area (Å²) in [4.78, 5) is 26.3. The number of carbonyl (C=O) groups is 2.